The zero-order valence-corrected chi connectivity index (χ0v) is 13.3. The Morgan fingerprint density at radius 1 is 0.632 bits per heavy atom. The van der Waals surface area contributed by atoms with Crippen LogP contribution in [0.2, 0.25) is 0 Å². The highest BCUT2D eigenvalue weighted by molar-refractivity contribution is 4.93. The summed E-state index contributed by atoms with van der Waals surface area (Å²) in [6.07, 6.45) is 14.9. The molecule has 0 saturated heterocycles. The molecule has 0 aliphatic rings. The molecule has 0 aliphatic carbocycles. The maximum Gasteiger partial charge on any atom is 0.0964 e. The molecule has 0 amide bonds. The highest BCUT2D eigenvalue weighted by Gasteiger charge is 2.00. The van der Waals surface area contributed by atoms with Gasteiger partial charge in [-0.05, 0) is 12.8 Å². The molecule has 112 valence electrons. The smallest absolute Gasteiger partial charge is 0.0964 e. The van der Waals surface area contributed by atoms with Gasteiger partial charge in [0.15, 0.2) is 0 Å². The predicted molar refractivity (Wildman–Crippen MR) is 86.1 cm³/mol. The summed E-state index contributed by atoms with van der Waals surface area (Å²) < 4.78 is 5.67. The highest BCUT2D eigenvalue weighted by Crippen LogP contribution is 2.17. The predicted octanol–water partition coefficient (Wildman–Crippen LogP) is 6.75. The average molecular weight is 266 g/mol. The van der Waals surface area contributed by atoms with Crippen LogP contribution in [0.3, 0.4) is 0 Å². The van der Waals surface area contributed by atoms with E-state index in [9.17, 15) is 0 Å². The van der Waals surface area contributed by atoms with Crippen LogP contribution in [0.5, 0.6) is 0 Å². The van der Waals surface area contributed by atoms with E-state index >= 15 is 0 Å². The van der Waals surface area contributed by atoms with Crippen LogP contribution in [-0.4, -0.2) is 0 Å². The largest absolute Gasteiger partial charge is 0.467 e. The number of hydrogen-bond donors (Lipinski definition) is 0. The monoisotopic (exact) mass is 266 g/mol. The van der Waals surface area contributed by atoms with Gasteiger partial charge in [-0.2, -0.15) is 0 Å². The summed E-state index contributed by atoms with van der Waals surface area (Å²) in [5, 5.41) is 0. The van der Waals surface area contributed by atoms with Crippen molar-refractivity contribution >= 4 is 0 Å². The molecule has 19 heavy (non-hydrogen) atoms. The Kier molecular flexibility index (Phi) is 13.2. The van der Waals surface area contributed by atoms with Gasteiger partial charge in [0.05, 0.1) is 11.5 Å². The maximum atomic E-state index is 5.67. The molecule has 1 nitrogen and oxygen atoms in total. The van der Waals surface area contributed by atoms with Gasteiger partial charge in [0.1, 0.15) is 0 Å². The van der Waals surface area contributed by atoms with Gasteiger partial charge in [-0.25, -0.2) is 0 Å². The van der Waals surface area contributed by atoms with Crippen molar-refractivity contribution in [1.29, 1.82) is 0 Å². The SMILES string of the molecule is C=C(CCCCCC)OC(=C)CCCCCCCC. The van der Waals surface area contributed by atoms with E-state index in [-0.39, 0.29) is 0 Å². The molecule has 0 aromatic heterocycles. The van der Waals surface area contributed by atoms with E-state index in [2.05, 4.69) is 27.0 Å². The van der Waals surface area contributed by atoms with Gasteiger partial charge in [-0.3, -0.25) is 0 Å². The van der Waals surface area contributed by atoms with Crippen molar-refractivity contribution in [3.63, 3.8) is 0 Å². The first-order valence-electron chi connectivity index (χ1n) is 8.24. The fourth-order valence-corrected chi connectivity index (χ4v) is 2.16. The summed E-state index contributed by atoms with van der Waals surface area (Å²) in [5.41, 5.74) is 0. The van der Waals surface area contributed by atoms with E-state index in [4.69, 9.17) is 4.74 Å². The Morgan fingerprint density at radius 3 is 1.47 bits per heavy atom. The van der Waals surface area contributed by atoms with E-state index in [1.54, 1.807) is 0 Å². The molecule has 0 bridgehead atoms. The van der Waals surface area contributed by atoms with Gasteiger partial charge in [0.25, 0.3) is 0 Å². The molecule has 0 fully saturated rings. The summed E-state index contributed by atoms with van der Waals surface area (Å²) in [6.45, 7) is 12.4. The van der Waals surface area contributed by atoms with Gasteiger partial charge < -0.3 is 4.74 Å². The molecule has 0 saturated carbocycles. The standard InChI is InChI=1S/C18H34O/c1-5-7-9-11-12-14-16-18(4)19-17(3)15-13-10-8-6-2/h3-16H2,1-2H3. The second-order valence-electron chi connectivity index (χ2n) is 5.51. The van der Waals surface area contributed by atoms with E-state index in [1.165, 1.54) is 64.2 Å². The topological polar surface area (TPSA) is 9.23 Å². The number of rotatable bonds is 14. The number of ether oxygens (including phenoxy) is 1. The van der Waals surface area contributed by atoms with Crippen LogP contribution in [0.15, 0.2) is 24.7 Å². The molecule has 0 unspecified atom stereocenters. The lowest BCUT2D eigenvalue weighted by atomic mass is 10.1. The third-order valence-electron chi connectivity index (χ3n) is 3.41. The summed E-state index contributed by atoms with van der Waals surface area (Å²) in [7, 11) is 0. The Hall–Kier alpha value is -0.720. The first-order chi connectivity index (χ1) is 9.20. The summed E-state index contributed by atoms with van der Waals surface area (Å²) >= 11 is 0. The lowest BCUT2D eigenvalue weighted by molar-refractivity contribution is 0.274. The second-order valence-corrected chi connectivity index (χ2v) is 5.51. The van der Waals surface area contributed by atoms with Gasteiger partial charge in [-0.1, -0.05) is 78.4 Å². The number of allylic oxidation sites excluding steroid dienone is 2. The third kappa shape index (κ3) is 13.5. The summed E-state index contributed by atoms with van der Waals surface area (Å²) in [6, 6.07) is 0. The Balaban J connectivity index is 3.39. The van der Waals surface area contributed by atoms with Crippen LogP contribution in [-0.2, 0) is 4.74 Å². The zero-order chi connectivity index (χ0) is 14.3. The molecule has 0 atom stereocenters. The molecule has 1 heteroatoms. The summed E-state index contributed by atoms with van der Waals surface area (Å²) in [4.78, 5) is 0. The Labute approximate surface area is 121 Å². The van der Waals surface area contributed by atoms with Crippen LogP contribution >= 0.6 is 0 Å². The molecule has 0 aliphatic heterocycles. The molecule has 0 radical (unpaired) electrons. The second kappa shape index (κ2) is 13.7. The van der Waals surface area contributed by atoms with Gasteiger partial charge in [-0.15, -0.1) is 0 Å². The third-order valence-corrected chi connectivity index (χ3v) is 3.41. The minimum absolute atomic E-state index is 0.895. The van der Waals surface area contributed by atoms with Crippen LogP contribution in [0.25, 0.3) is 0 Å². The minimum atomic E-state index is 0.895. The molecular weight excluding hydrogens is 232 g/mol. The lowest BCUT2D eigenvalue weighted by Crippen LogP contribution is -1.92. The molecule has 0 spiro atoms. The van der Waals surface area contributed by atoms with Crippen molar-refractivity contribution in [2.24, 2.45) is 0 Å². The fourth-order valence-electron chi connectivity index (χ4n) is 2.16. The van der Waals surface area contributed by atoms with Gasteiger partial charge in [0.2, 0.25) is 0 Å². The molecular formula is C18H34O. The average Bonchev–Trinajstić information content (AvgIpc) is 2.39. The van der Waals surface area contributed by atoms with Gasteiger partial charge >= 0.3 is 0 Å². The first kappa shape index (κ1) is 18.3. The fraction of sp³-hybridized carbons (Fsp3) is 0.778. The van der Waals surface area contributed by atoms with Crippen molar-refractivity contribution in [1.82, 2.24) is 0 Å². The van der Waals surface area contributed by atoms with E-state index in [0.29, 0.717) is 0 Å². The normalized spacial score (nSPS) is 10.4. The number of hydrogen-bond acceptors (Lipinski definition) is 1. The molecule has 0 rings (SSSR count). The quantitative estimate of drug-likeness (QED) is 0.249. The van der Waals surface area contributed by atoms with Gasteiger partial charge in [0, 0.05) is 12.8 Å². The van der Waals surface area contributed by atoms with Crippen molar-refractivity contribution in [3.05, 3.63) is 24.7 Å². The van der Waals surface area contributed by atoms with Crippen molar-refractivity contribution in [2.75, 3.05) is 0 Å². The number of unbranched alkanes of at least 4 members (excludes halogenated alkanes) is 8. The Bertz CT molecular complexity index is 230. The van der Waals surface area contributed by atoms with Crippen LogP contribution in [0.4, 0.5) is 0 Å². The van der Waals surface area contributed by atoms with Crippen LogP contribution in [0, 0.1) is 0 Å². The molecule has 0 heterocycles. The van der Waals surface area contributed by atoms with Crippen LogP contribution < -0.4 is 0 Å². The minimum Gasteiger partial charge on any atom is -0.467 e. The molecule has 0 aromatic carbocycles. The zero-order valence-electron chi connectivity index (χ0n) is 13.3. The maximum absolute atomic E-state index is 5.67. The van der Waals surface area contributed by atoms with Crippen LogP contribution in [0.1, 0.15) is 90.9 Å². The summed E-state index contributed by atoms with van der Waals surface area (Å²) in [5.74, 6) is 1.79. The van der Waals surface area contributed by atoms with E-state index in [0.717, 1.165) is 24.4 Å². The molecule has 0 aromatic rings. The Morgan fingerprint density at radius 2 is 1.00 bits per heavy atom. The van der Waals surface area contributed by atoms with Crippen molar-refractivity contribution in [3.8, 4) is 0 Å². The van der Waals surface area contributed by atoms with Crippen molar-refractivity contribution in [2.45, 2.75) is 90.9 Å². The molecule has 0 N–H and O–H groups in total. The lowest BCUT2D eigenvalue weighted by Gasteiger charge is -2.11. The van der Waals surface area contributed by atoms with E-state index < -0.39 is 0 Å². The van der Waals surface area contributed by atoms with Crippen molar-refractivity contribution < 1.29 is 4.74 Å². The highest BCUT2D eigenvalue weighted by atomic mass is 16.5. The first-order valence-corrected chi connectivity index (χ1v) is 8.24. The van der Waals surface area contributed by atoms with E-state index in [1.807, 2.05) is 0 Å².